The molecule has 1 aromatic heterocycles. The number of halogens is 4. The standard InChI is InChI=1S/C25H24F4N3O3S/c1-16-31-21(22(36-16)17-5-3-2-4-6-17)23(33)32(24(34)25(27,28)29)13-12-30-19(15-32)11-14-35-20-9-7-18(26)8-10-20/h2-10,19,30H,11-15H2,1H3/q+1. The van der Waals surface area contributed by atoms with E-state index in [0.717, 1.165) is 0 Å². The number of imide groups is 1. The minimum Gasteiger partial charge on any atom is -0.494 e. The first-order chi connectivity index (χ1) is 17.1. The van der Waals surface area contributed by atoms with Crippen molar-refractivity contribution in [1.29, 1.82) is 0 Å². The zero-order valence-corrected chi connectivity index (χ0v) is 20.2. The zero-order chi connectivity index (χ0) is 25.9. The average molecular weight is 523 g/mol. The van der Waals surface area contributed by atoms with Crippen LogP contribution in [0.2, 0.25) is 0 Å². The number of nitrogens with zero attached hydrogens (tertiary/aromatic N) is 2. The molecule has 2 heterocycles. The van der Waals surface area contributed by atoms with Gasteiger partial charge in [-0.3, -0.25) is 0 Å². The monoisotopic (exact) mass is 522 g/mol. The van der Waals surface area contributed by atoms with Crippen LogP contribution >= 0.6 is 11.3 Å². The number of quaternary nitrogens is 1. The van der Waals surface area contributed by atoms with E-state index in [0.29, 0.717) is 21.2 Å². The Morgan fingerprint density at radius 1 is 1.14 bits per heavy atom. The first-order valence-electron chi connectivity index (χ1n) is 11.3. The number of ether oxygens (including phenoxy) is 1. The molecule has 1 fully saturated rings. The Kier molecular flexibility index (Phi) is 7.53. The zero-order valence-electron chi connectivity index (χ0n) is 19.3. The molecule has 4 rings (SSSR count). The summed E-state index contributed by atoms with van der Waals surface area (Å²) in [5.74, 6) is -3.09. The van der Waals surface area contributed by atoms with Gasteiger partial charge in [0.05, 0.1) is 22.5 Å². The first-order valence-corrected chi connectivity index (χ1v) is 12.1. The number of amides is 2. The molecule has 1 saturated heterocycles. The molecule has 2 atom stereocenters. The molecule has 6 nitrogen and oxygen atoms in total. The van der Waals surface area contributed by atoms with Crippen molar-refractivity contribution in [2.75, 3.05) is 26.2 Å². The van der Waals surface area contributed by atoms with Crippen molar-refractivity contribution in [3.8, 4) is 16.2 Å². The summed E-state index contributed by atoms with van der Waals surface area (Å²) in [6.45, 7) is 1.05. The molecule has 2 unspecified atom stereocenters. The van der Waals surface area contributed by atoms with E-state index < -0.39 is 40.9 Å². The van der Waals surface area contributed by atoms with Crippen LogP contribution in [0.3, 0.4) is 0 Å². The fourth-order valence-corrected chi connectivity index (χ4v) is 5.21. The summed E-state index contributed by atoms with van der Waals surface area (Å²) >= 11 is 1.19. The molecule has 0 radical (unpaired) electrons. The van der Waals surface area contributed by atoms with Crippen LogP contribution in [0.5, 0.6) is 5.75 Å². The summed E-state index contributed by atoms with van der Waals surface area (Å²) in [5.41, 5.74) is 0.507. The lowest BCUT2D eigenvalue weighted by molar-refractivity contribution is -0.785. The third kappa shape index (κ3) is 5.48. The molecule has 1 N–H and O–H groups in total. The van der Waals surface area contributed by atoms with E-state index in [2.05, 4.69) is 10.3 Å². The van der Waals surface area contributed by atoms with Gasteiger partial charge in [0.25, 0.3) is 0 Å². The van der Waals surface area contributed by atoms with Crippen LogP contribution in [-0.2, 0) is 4.79 Å². The average Bonchev–Trinajstić information content (AvgIpc) is 3.26. The van der Waals surface area contributed by atoms with Gasteiger partial charge >= 0.3 is 18.0 Å². The van der Waals surface area contributed by atoms with Gasteiger partial charge < -0.3 is 10.1 Å². The molecule has 2 amide bonds. The van der Waals surface area contributed by atoms with E-state index in [1.165, 1.54) is 35.6 Å². The third-order valence-corrected chi connectivity index (χ3v) is 7.02. The third-order valence-electron chi connectivity index (χ3n) is 6.00. The van der Waals surface area contributed by atoms with Crippen molar-refractivity contribution in [3.63, 3.8) is 0 Å². The molecule has 0 saturated carbocycles. The van der Waals surface area contributed by atoms with Gasteiger partial charge in [-0.15, -0.1) is 11.3 Å². The van der Waals surface area contributed by atoms with Crippen molar-refractivity contribution < 1.29 is 36.4 Å². The Morgan fingerprint density at radius 3 is 2.50 bits per heavy atom. The Hall–Kier alpha value is -3.15. The lowest BCUT2D eigenvalue weighted by Crippen LogP contribution is -2.70. The van der Waals surface area contributed by atoms with Gasteiger partial charge in [0.1, 0.15) is 24.7 Å². The minimum absolute atomic E-state index is 0.0264. The number of thiazole rings is 1. The normalized spacial score (nSPS) is 20.2. The van der Waals surface area contributed by atoms with Gasteiger partial charge in [0.2, 0.25) is 0 Å². The number of aryl methyl sites for hydroxylation is 1. The number of aromatic nitrogens is 1. The van der Waals surface area contributed by atoms with Crippen LogP contribution in [0.25, 0.3) is 10.4 Å². The highest BCUT2D eigenvalue weighted by Gasteiger charge is 2.61. The molecular formula is C25H24F4N3O3S+. The number of carbonyl (C=O) groups is 2. The van der Waals surface area contributed by atoms with Gasteiger partial charge in [-0.2, -0.15) is 17.7 Å². The van der Waals surface area contributed by atoms with Gasteiger partial charge in [-0.25, -0.2) is 19.0 Å². The fourth-order valence-electron chi connectivity index (χ4n) is 4.30. The smallest absolute Gasteiger partial charge is 0.494 e. The second-order valence-electron chi connectivity index (χ2n) is 8.50. The summed E-state index contributed by atoms with van der Waals surface area (Å²) in [5, 5.41) is 3.60. The second kappa shape index (κ2) is 10.5. The predicted molar refractivity (Wildman–Crippen MR) is 126 cm³/mol. The fraction of sp³-hybridized carbons (Fsp3) is 0.320. The number of nitrogens with one attached hydrogen (secondary N) is 1. The number of carbonyl (C=O) groups excluding carboxylic acids is 2. The SMILES string of the molecule is Cc1nc(C(=O)[N+]2(C(=O)C(F)(F)F)CCNC(CCOc3ccc(F)cc3)C2)c(-c2ccccc2)s1. The molecule has 0 spiro atoms. The molecule has 3 aromatic rings. The topological polar surface area (TPSA) is 68.3 Å². The maximum Gasteiger partial charge on any atom is 0.510 e. The van der Waals surface area contributed by atoms with Crippen molar-refractivity contribution >= 4 is 23.2 Å². The molecule has 190 valence electrons. The van der Waals surface area contributed by atoms with E-state index in [9.17, 15) is 27.2 Å². The Morgan fingerprint density at radius 2 is 1.83 bits per heavy atom. The maximum absolute atomic E-state index is 13.8. The highest BCUT2D eigenvalue weighted by Crippen LogP contribution is 2.35. The van der Waals surface area contributed by atoms with Crippen LogP contribution in [0, 0.1) is 12.7 Å². The van der Waals surface area contributed by atoms with Crippen LogP contribution < -0.4 is 10.1 Å². The number of hydrogen-bond donors (Lipinski definition) is 1. The van der Waals surface area contributed by atoms with Crippen LogP contribution in [0.15, 0.2) is 54.6 Å². The Balaban J connectivity index is 1.61. The van der Waals surface area contributed by atoms with E-state index in [-0.39, 0.29) is 31.8 Å². The van der Waals surface area contributed by atoms with Crippen molar-refractivity contribution in [2.24, 2.45) is 0 Å². The summed E-state index contributed by atoms with van der Waals surface area (Å²) in [6, 6.07) is 13.5. The van der Waals surface area contributed by atoms with Crippen molar-refractivity contribution in [3.05, 3.63) is 71.1 Å². The summed E-state index contributed by atoms with van der Waals surface area (Å²) in [7, 11) is 0. The molecule has 0 bridgehead atoms. The van der Waals surface area contributed by atoms with Crippen LogP contribution in [-0.4, -0.2) is 59.7 Å². The van der Waals surface area contributed by atoms with Crippen molar-refractivity contribution in [2.45, 2.75) is 25.6 Å². The summed E-state index contributed by atoms with van der Waals surface area (Å²) < 4.78 is 58.7. The van der Waals surface area contributed by atoms with E-state index in [4.69, 9.17) is 4.74 Å². The van der Waals surface area contributed by atoms with E-state index in [1.54, 1.807) is 37.3 Å². The Labute approximate surface area is 209 Å². The van der Waals surface area contributed by atoms with E-state index in [1.807, 2.05) is 0 Å². The van der Waals surface area contributed by atoms with Crippen molar-refractivity contribution in [1.82, 2.24) is 10.3 Å². The lowest BCUT2D eigenvalue weighted by Gasteiger charge is -2.40. The van der Waals surface area contributed by atoms with E-state index >= 15 is 0 Å². The number of rotatable bonds is 6. The van der Waals surface area contributed by atoms with Gasteiger partial charge in [0, 0.05) is 13.0 Å². The van der Waals surface area contributed by atoms with Gasteiger partial charge in [-0.1, -0.05) is 30.3 Å². The molecule has 0 aliphatic carbocycles. The number of benzene rings is 2. The maximum atomic E-state index is 13.8. The van der Waals surface area contributed by atoms with Crippen LogP contribution in [0.4, 0.5) is 17.6 Å². The molecule has 36 heavy (non-hydrogen) atoms. The number of piperazine rings is 1. The summed E-state index contributed by atoms with van der Waals surface area (Å²) in [6.07, 6.45) is -4.97. The second-order valence-corrected chi connectivity index (χ2v) is 9.70. The summed E-state index contributed by atoms with van der Waals surface area (Å²) in [4.78, 5) is 31.3. The molecule has 2 aromatic carbocycles. The van der Waals surface area contributed by atoms with Gasteiger partial charge in [0.15, 0.2) is 5.69 Å². The van der Waals surface area contributed by atoms with Gasteiger partial charge in [-0.05, 0) is 36.8 Å². The predicted octanol–water partition coefficient (Wildman–Crippen LogP) is 4.74. The number of alkyl halides is 3. The molecule has 1 aliphatic rings. The molecule has 1 aliphatic heterocycles. The molecular weight excluding hydrogens is 498 g/mol. The highest BCUT2D eigenvalue weighted by molar-refractivity contribution is 7.15. The molecule has 11 heteroatoms. The largest absolute Gasteiger partial charge is 0.510 e. The highest BCUT2D eigenvalue weighted by atomic mass is 32.1. The quantitative estimate of drug-likeness (QED) is 0.374. The Bertz CT molecular complexity index is 1230. The minimum atomic E-state index is -5.21. The van der Waals surface area contributed by atoms with Crippen LogP contribution in [0.1, 0.15) is 21.9 Å². The lowest BCUT2D eigenvalue weighted by atomic mass is 10.1. The first kappa shape index (κ1) is 25.9. The number of hydrogen-bond acceptors (Lipinski definition) is 6.